The van der Waals surface area contributed by atoms with E-state index in [1.165, 1.54) is 18.3 Å². The van der Waals surface area contributed by atoms with Gasteiger partial charge in [0, 0.05) is 15.2 Å². The molecule has 0 fully saturated rings. The molecule has 2 aromatic rings. The molecule has 1 atom stereocenters. The standard InChI is InChI=1S/C17H19FINO4/c1-4-24-17(23)11-7-20(15(8-21)9(2)3)14-6-12(18)13(19)5-10(14)16(11)22/h5-7,9,15,21H,4,8H2,1-3H3/t15-/m1/s1. The highest BCUT2D eigenvalue weighted by Gasteiger charge is 2.22. The molecule has 0 aliphatic heterocycles. The lowest BCUT2D eigenvalue weighted by Gasteiger charge is -2.25. The van der Waals surface area contributed by atoms with Crippen LogP contribution in [0.25, 0.3) is 10.9 Å². The number of ether oxygens (including phenoxy) is 1. The van der Waals surface area contributed by atoms with Crippen LogP contribution in [0.4, 0.5) is 4.39 Å². The van der Waals surface area contributed by atoms with E-state index in [1.54, 1.807) is 34.1 Å². The van der Waals surface area contributed by atoms with Gasteiger partial charge in [0.1, 0.15) is 11.4 Å². The van der Waals surface area contributed by atoms with Crippen molar-refractivity contribution >= 4 is 39.5 Å². The van der Waals surface area contributed by atoms with Crippen molar-refractivity contribution in [2.24, 2.45) is 5.92 Å². The highest BCUT2D eigenvalue weighted by Crippen LogP contribution is 2.25. The van der Waals surface area contributed by atoms with Gasteiger partial charge < -0.3 is 14.4 Å². The Bertz CT molecular complexity index is 831. The van der Waals surface area contributed by atoms with Crippen molar-refractivity contribution in [2.45, 2.75) is 26.8 Å². The van der Waals surface area contributed by atoms with Gasteiger partial charge in [0.2, 0.25) is 5.43 Å². The second-order valence-corrected chi connectivity index (χ2v) is 6.94. The van der Waals surface area contributed by atoms with Crippen molar-refractivity contribution in [3.05, 3.63) is 43.5 Å². The van der Waals surface area contributed by atoms with Gasteiger partial charge in [0.05, 0.1) is 24.8 Å². The highest BCUT2D eigenvalue weighted by atomic mass is 127. The summed E-state index contributed by atoms with van der Waals surface area (Å²) in [7, 11) is 0. The third-order valence-corrected chi connectivity index (χ3v) is 4.71. The summed E-state index contributed by atoms with van der Waals surface area (Å²) >= 11 is 1.80. The third-order valence-electron chi connectivity index (χ3n) is 3.88. The molecule has 0 saturated carbocycles. The van der Waals surface area contributed by atoms with E-state index < -0.39 is 23.3 Å². The van der Waals surface area contributed by atoms with Gasteiger partial charge in [0.15, 0.2) is 0 Å². The van der Waals surface area contributed by atoms with Gasteiger partial charge in [-0.2, -0.15) is 0 Å². The van der Waals surface area contributed by atoms with Crippen molar-refractivity contribution in [2.75, 3.05) is 13.2 Å². The molecule has 7 heteroatoms. The van der Waals surface area contributed by atoms with Crippen molar-refractivity contribution in [3.63, 3.8) is 0 Å². The van der Waals surface area contributed by atoms with Gasteiger partial charge in [-0.05, 0) is 47.6 Å². The van der Waals surface area contributed by atoms with E-state index in [1.807, 2.05) is 13.8 Å². The molecule has 0 aliphatic carbocycles. The maximum absolute atomic E-state index is 14.0. The number of halogens is 2. The number of hydrogen-bond donors (Lipinski definition) is 1. The molecule has 0 spiro atoms. The van der Waals surface area contributed by atoms with Crippen molar-refractivity contribution in [1.82, 2.24) is 4.57 Å². The summed E-state index contributed by atoms with van der Waals surface area (Å²) in [6.07, 6.45) is 1.36. The number of fused-ring (bicyclic) bond motifs is 1. The molecule has 0 bridgehead atoms. The summed E-state index contributed by atoms with van der Waals surface area (Å²) in [6.45, 7) is 5.40. The van der Waals surface area contributed by atoms with Gasteiger partial charge in [-0.15, -0.1) is 0 Å². The molecule has 1 aromatic carbocycles. The average molecular weight is 447 g/mol. The highest BCUT2D eigenvalue weighted by molar-refractivity contribution is 14.1. The number of benzene rings is 1. The van der Waals surface area contributed by atoms with Gasteiger partial charge in [-0.1, -0.05) is 13.8 Å². The predicted molar refractivity (Wildman–Crippen MR) is 97.8 cm³/mol. The maximum atomic E-state index is 14.0. The number of aliphatic hydroxyl groups excluding tert-OH is 1. The van der Waals surface area contributed by atoms with Crippen molar-refractivity contribution < 1.29 is 19.0 Å². The fourth-order valence-electron chi connectivity index (χ4n) is 2.59. The quantitative estimate of drug-likeness (QED) is 0.565. The van der Waals surface area contributed by atoms with Crippen LogP contribution in [0.15, 0.2) is 23.1 Å². The van der Waals surface area contributed by atoms with Crippen LogP contribution < -0.4 is 5.43 Å². The van der Waals surface area contributed by atoms with E-state index in [0.717, 1.165) is 0 Å². The van der Waals surface area contributed by atoms with E-state index in [4.69, 9.17) is 4.74 Å². The normalized spacial score (nSPS) is 12.6. The molecule has 24 heavy (non-hydrogen) atoms. The molecule has 1 heterocycles. The van der Waals surface area contributed by atoms with Crippen LogP contribution >= 0.6 is 22.6 Å². The first kappa shape index (κ1) is 18.9. The van der Waals surface area contributed by atoms with Crippen LogP contribution in [0, 0.1) is 15.3 Å². The number of aliphatic hydroxyl groups is 1. The molecule has 2 rings (SSSR count). The first-order chi connectivity index (χ1) is 11.3. The zero-order valence-electron chi connectivity index (χ0n) is 13.7. The number of esters is 1. The number of nitrogens with zero attached hydrogens (tertiary/aromatic N) is 1. The Hall–Kier alpha value is -1.48. The second-order valence-electron chi connectivity index (χ2n) is 5.78. The van der Waals surface area contributed by atoms with Crippen molar-refractivity contribution in [1.29, 1.82) is 0 Å². The van der Waals surface area contributed by atoms with Crippen LogP contribution in [-0.2, 0) is 4.74 Å². The third kappa shape index (κ3) is 3.46. The molecule has 0 saturated heterocycles. The lowest BCUT2D eigenvalue weighted by molar-refractivity contribution is 0.0523. The number of rotatable bonds is 5. The molecule has 0 radical (unpaired) electrons. The predicted octanol–water partition coefficient (Wildman–Crippen LogP) is 3.11. The lowest BCUT2D eigenvalue weighted by atomic mass is 10.0. The molecule has 0 unspecified atom stereocenters. The maximum Gasteiger partial charge on any atom is 0.343 e. The number of carbonyl (C=O) groups excluding carboxylic acids is 1. The molecule has 130 valence electrons. The second kappa shape index (κ2) is 7.60. The van der Waals surface area contributed by atoms with Crippen LogP contribution in [-0.4, -0.2) is 28.9 Å². The van der Waals surface area contributed by atoms with E-state index in [9.17, 15) is 19.1 Å². The van der Waals surface area contributed by atoms with Crippen LogP contribution in [0.3, 0.4) is 0 Å². The van der Waals surface area contributed by atoms with Gasteiger partial charge >= 0.3 is 5.97 Å². The van der Waals surface area contributed by atoms with Gasteiger partial charge in [-0.3, -0.25) is 4.79 Å². The van der Waals surface area contributed by atoms with Crippen LogP contribution in [0.1, 0.15) is 37.2 Å². The molecule has 1 N–H and O–H groups in total. The minimum absolute atomic E-state index is 0.0121. The zero-order chi connectivity index (χ0) is 18.0. The Kier molecular flexibility index (Phi) is 5.97. The molecule has 5 nitrogen and oxygen atoms in total. The van der Waals surface area contributed by atoms with Gasteiger partial charge in [-0.25, -0.2) is 9.18 Å². The van der Waals surface area contributed by atoms with E-state index in [2.05, 4.69) is 0 Å². The van der Waals surface area contributed by atoms with Gasteiger partial charge in [0.25, 0.3) is 0 Å². The van der Waals surface area contributed by atoms with Crippen LogP contribution in [0.5, 0.6) is 0 Å². The summed E-state index contributed by atoms with van der Waals surface area (Å²) in [6, 6.07) is 2.28. The Balaban J connectivity index is 2.88. The Morgan fingerprint density at radius 3 is 2.62 bits per heavy atom. The summed E-state index contributed by atoms with van der Waals surface area (Å²) in [5.74, 6) is -1.17. The smallest absolute Gasteiger partial charge is 0.343 e. The molecule has 0 amide bonds. The topological polar surface area (TPSA) is 68.5 Å². The van der Waals surface area contributed by atoms with Crippen molar-refractivity contribution in [3.8, 4) is 0 Å². The Morgan fingerprint density at radius 2 is 2.08 bits per heavy atom. The molecule has 1 aromatic heterocycles. The average Bonchev–Trinajstić information content (AvgIpc) is 2.52. The molecular formula is C17H19FINO4. The lowest BCUT2D eigenvalue weighted by Crippen LogP contribution is -2.26. The Labute approximate surface area is 152 Å². The largest absolute Gasteiger partial charge is 0.462 e. The summed E-state index contributed by atoms with van der Waals surface area (Å²) in [5.41, 5.74) is -0.275. The minimum Gasteiger partial charge on any atom is -0.462 e. The summed E-state index contributed by atoms with van der Waals surface area (Å²) < 4.78 is 20.9. The SMILES string of the molecule is CCOC(=O)c1cn([C@H](CO)C(C)C)c2cc(F)c(I)cc2c1=O. The molecule has 0 aliphatic rings. The first-order valence-corrected chi connectivity index (χ1v) is 8.71. The summed E-state index contributed by atoms with van der Waals surface area (Å²) in [5, 5.41) is 9.95. The first-order valence-electron chi connectivity index (χ1n) is 7.63. The minimum atomic E-state index is -0.724. The van der Waals surface area contributed by atoms with E-state index >= 15 is 0 Å². The fraction of sp³-hybridized carbons (Fsp3) is 0.412. The Morgan fingerprint density at radius 1 is 1.42 bits per heavy atom. The summed E-state index contributed by atoms with van der Waals surface area (Å²) in [4.78, 5) is 24.8. The number of hydrogen-bond acceptors (Lipinski definition) is 4. The molecular weight excluding hydrogens is 428 g/mol. The monoisotopic (exact) mass is 447 g/mol. The number of pyridine rings is 1. The van der Waals surface area contributed by atoms with E-state index in [-0.39, 0.29) is 33.7 Å². The van der Waals surface area contributed by atoms with Crippen LogP contribution in [0.2, 0.25) is 0 Å². The fourth-order valence-corrected chi connectivity index (χ4v) is 3.06. The number of aromatic nitrogens is 1. The zero-order valence-corrected chi connectivity index (χ0v) is 15.8. The van der Waals surface area contributed by atoms with E-state index in [0.29, 0.717) is 5.52 Å². The number of carbonyl (C=O) groups is 1.